The van der Waals surface area contributed by atoms with E-state index < -0.39 is 0 Å². The van der Waals surface area contributed by atoms with Crippen molar-refractivity contribution in [2.75, 3.05) is 0 Å². The van der Waals surface area contributed by atoms with Gasteiger partial charge in [0, 0.05) is 0 Å². The number of rotatable bonds is 0. The third kappa shape index (κ3) is 77.8. The Morgan fingerprint density at radius 1 is 0.333 bits per heavy atom. The van der Waals surface area contributed by atoms with Crippen LogP contribution in [0.15, 0.2) is 0 Å². The fourth-order valence-electron chi connectivity index (χ4n) is 0. The Bertz CT molecular complexity index is 20.5. The Kier molecular flexibility index (Phi) is 1280. The topological polar surface area (TPSA) is 0 Å². The van der Waals surface area contributed by atoms with Gasteiger partial charge in [-0.3, -0.25) is 0 Å². The Morgan fingerprint density at radius 3 is 0.333 bits per heavy atom. The molecule has 0 heterocycles. The van der Waals surface area contributed by atoms with Gasteiger partial charge < -0.3 is 5.71 Å². The predicted octanol–water partition coefficient (Wildman–Crippen LogP) is -9.42. The van der Waals surface area contributed by atoms with Crippen LogP contribution in [-0.4, -0.2) is 0 Å². The third-order valence-electron chi connectivity index (χ3n) is 0. The van der Waals surface area contributed by atoms with Gasteiger partial charge in [0.25, 0.3) is 0 Å². The van der Waals surface area contributed by atoms with E-state index in [1.165, 1.54) is 0 Å². The molecule has 0 radical (unpaired) electrons. The molecule has 0 unspecified atom stereocenters. The summed E-state index contributed by atoms with van der Waals surface area (Å²) in [5, 5.41) is 0. The van der Waals surface area contributed by atoms with Gasteiger partial charge in [0.1, 0.15) is 0 Å². The Labute approximate surface area is 141 Å². The Hall–Kier alpha value is 3.84. The second-order valence-corrected chi connectivity index (χ2v) is 0. The zero-order chi connectivity index (χ0) is 0. The van der Waals surface area contributed by atoms with E-state index in [2.05, 4.69) is 0 Å². The molecule has 0 aliphatic rings. The molecule has 0 aliphatic heterocycles. The molecule has 0 spiro atoms. The van der Waals surface area contributed by atoms with E-state index in [-0.39, 0.29) is 143 Å². The van der Waals surface area contributed by atoms with E-state index in [0.29, 0.717) is 0 Å². The molecule has 9 heavy (non-hydrogen) atoms. The fourth-order valence-corrected chi connectivity index (χ4v) is 0. The summed E-state index contributed by atoms with van der Waals surface area (Å²) >= 11 is 0. The van der Waals surface area contributed by atoms with Crippen molar-refractivity contribution in [1.29, 1.82) is 0 Å². The van der Waals surface area contributed by atoms with Gasteiger partial charge in [-0.2, -0.15) is 0 Å². The van der Waals surface area contributed by atoms with Gasteiger partial charge in [0.05, 0.1) is 0 Å². The van der Waals surface area contributed by atoms with E-state index in [1.807, 2.05) is 0 Å². The van der Waals surface area contributed by atoms with Crippen LogP contribution in [0.4, 0.5) is 0 Å². The first-order chi connectivity index (χ1) is 0. The number of hydrogen-bond acceptors (Lipinski definition) is 0. The van der Waals surface area contributed by atoms with Crippen molar-refractivity contribution in [3.63, 3.8) is 0 Å². The summed E-state index contributed by atoms with van der Waals surface area (Å²) in [6.45, 7) is 0. The zero-order valence-corrected chi connectivity index (χ0v) is 10.1. The summed E-state index contributed by atoms with van der Waals surface area (Å²) in [7, 11) is 0. The smallest absolute Gasteiger partial charge is 1.00 e. The summed E-state index contributed by atoms with van der Waals surface area (Å²) in [6.07, 6.45) is 0. The van der Waals surface area contributed by atoms with Crippen molar-refractivity contribution >= 4 is 62.0 Å². The van der Waals surface area contributed by atoms with Gasteiger partial charge in [-0.1, -0.05) is 0 Å². The minimum Gasteiger partial charge on any atom is -1.00 e. The van der Waals surface area contributed by atoms with Gasteiger partial charge in [-0.25, -0.2) is 0 Å². The van der Waals surface area contributed by atoms with E-state index in [1.54, 1.807) is 0 Å². The molecule has 0 nitrogen and oxygen atoms in total. The summed E-state index contributed by atoms with van der Waals surface area (Å²) in [6, 6.07) is 0. The van der Waals surface area contributed by atoms with Crippen molar-refractivity contribution in [3.8, 4) is 0 Å². The minimum absolute atomic E-state index is 0. The quantitative estimate of drug-likeness (QED) is 0.351. The van der Waals surface area contributed by atoms with Crippen LogP contribution >= 0.6 is 62.0 Å². The molecule has 0 aromatic carbocycles. The molecular weight excluding hydrogens is 205 g/mol. The molecule has 0 atom stereocenters. The Morgan fingerprint density at radius 2 is 0.333 bits per heavy atom. The van der Waals surface area contributed by atoms with Crippen LogP contribution in [0.1, 0.15) is 5.71 Å². The van der Waals surface area contributed by atoms with Gasteiger partial charge in [-0.05, 0) is 0 Å². The molecule has 0 N–H and O–H groups in total. The summed E-state index contributed by atoms with van der Waals surface area (Å²) in [5.74, 6) is 0. The van der Waals surface area contributed by atoms with E-state index in [0.717, 1.165) is 0 Å². The molecule has 0 bridgehead atoms. The molecule has 48 valence electrons. The van der Waals surface area contributed by atoms with Crippen molar-refractivity contribution in [1.82, 2.24) is 0 Å². The summed E-state index contributed by atoms with van der Waals surface area (Å²) in [5.41, 5.74) is 0. The van der Waals surface area contributed by atoms with Crippen LogP contribution in [0, 0.1) is 0 Å². The molecule has 0 saturated heterocycles. The van der Waals surface area contributed by atoms with Crippen LogP contribution in [0.5, 0.6) is 0 Å². The van der Waals surface area contributed by atoms with Crippen LogP contribution in [-0.2, 0) is 0 Å². The molecule has 0 aromatic heterocycles. The van der Waals surface area contributed by atoms with Crippen molar-refractivity contribution < 1.29 is 81.1 Å². The second kappa shape index (κ2) is 94.4. The SMILES string of the molecule is Cl.Cl.Cl.Cl.Cl.[H-].[H-].[H-].[H-].[Li+].[Li+].[Li+].[Li+]. The van der Waals surface area contributed by atoms with Gasteiger partial charge in [0.2, 0.25) is 0 Å². The van der Waals surface area contributed by atoms with Crippen molar-refractivity contribution in [2.45, 2.75) is 0 Å². The number of hydrogen-bond donors (Lipinski definition) is 0. The summed E-state index contributed by atoms with van der Waals surface area (Å²) in [4.78, 5) is 0. The first-order valence-electron chi connectivity index (χ1n) is 0. The third-order valence-corrected chi connectivity index (χ3v) is 0. The molecule has 0 rings (SSSR count). The first-order valence-corrected chi connectivity index (χ1v) is 0. The molecule has 9 heteroatoms. The summed E-state index contributed by atoms with van der Waals surface area (Å²) < 4.78 is 0. The maximum atomic E-state index is 0. The van der Waals surface area contributed by atoms with Crippen LogP contribution in [0.25, 0.3) is 0 Å². The fraction of sp³-hybridized carbons (Fsp3) is 0. The van der Waals surface area contributed by atoms with E-state index in [4.69, 9.17) is 0 Å². The van der Waals surface area contributed by atoms with Crippen molar-refractivity contribution in [2.24, 2.45) is 0 Å². The van der Waals surface area contributed by atoms with Crippen LogP contribution < -0.4 is 75.4 Å². The van der Waals surface area contributed by atoms with Crippen LogP contribution in [0.3, 0.4) is 0 Å². The normalized spacial score (nSPS) is 0. The molecule has 0 amide bonds. The van der Waals surface area contributed by atoms with Gasteiger partial charge >= 0.3 is 75.4 Å². The van der Waals surface area contributed by atoms with Gasteiger partial charge in [-0.15, -0.1) is 62.0 Å². The monoisotopic (exact) mass is 212 g/mol. The van der Waals surface area contributed by atoms with Crippen LogP contribution in [0.2, 0.25) is 0 Å². The predicted molar refractivity (Wildman–Crippen MR) is 40.7 cm³/mol. The molecule has 0 aliphatic carbocycles. The maximum absolute atomic E-state index is 0. The molecular formula is H9Cl5Li4. The van der Waals surface area contributed by atoms with E-state index in [9.17, 15) is 0 Å². The molecule has 0 saturated carbocycles. The average molecular weight is 214 g/mol. The molecule has 0 fully saturated rings. The Balaban J connectivity index is 0. The first kappa shape index (κ1) is 122. The molecule has 0 aromatic rings. The largest absolute Gasteiger partial charge is 1.00 e. The second-order valence-electron chi connectivity index (χ2n) is 0. The van der Waals surface area contributed by atoms with Gasteiger partial charge in [0.15, 0.2) is 0 Å². The zero-order valence-electron chi connectivity index (χ0n) is 10.0. The standard InChI is InChI=1S/5ClH.4Li.4H/h5*1H;;;;;;;;/q;;;;;4*+1;4*-1. The van der Waals surface area contributed by atoms with E-state index >= 15 is 0 Å². The minimum atomic E-state index is 0. The average Bonchev–Trinajstić information content (AvgIpc) is 0. The number of halogens is 5. The maximum Gasteiger partial charge on any atom is 1.00 e. The van der Waals surface area contributed by atoms with Crippen molar-refractivity contribution in [3.05, 3.63) is 0 Å².